The second-order valence-corrected chi connectivity index (χ2v) is 19.0. The molecule has 2 aliphatic carbocycles. The minimum atomic E-state index is -0.236. The molecule has 52 heavy (non-hydrogen) atoms. The van der Waals surface area contributed by atoms with Crippen molar-refractivity contribution in [2.24, 2.45) is 0 Å². The lowest BCUT2D eigenvalue weighted by Gasteiger charge is -2.24. The first-order chi connectivity index (χ1) is 25.5. The van der Waals surface area contributed by atoms with E-state index in [-0.39, 0.29) is 30.3 Å². The van der Waals surface area contributed by atoms with Crippen LogP contribution in [0.25, 0.3) is 0 Å². The van der Waals surface area contributed by atoms with E-state index in [9.17, 15) is 14.7 Å². The van der Waals surface area contributed by atoms with Crippen LogP contribution in [0.5, 0.6) is 0 Å². The Labute approximate surface area is 330 Å². The highest BCUT2D eigenvalue weighted by molar-refractivity contribution is 8.00. The van der Waals surface area contributed by atoms with Gasteiger partial charge in [-0.15, -0.1) is 0 Å². The largest absolute Gasteiger partial charge is 0.461 e. The highest BCUT2D eigenvalue weighted by Crippen LogP contribution is 2.31. The van der Waals surface area contributed by atoms with Crippen LogP contribution in [-0.4, -0.2) is 57.4 Å². The minimum absolute atomic E-state index is 0.000725. The van der Waals surface area contributed by atoms with Gasteiger partial charge < -0.3 is 14.6 Å². The van der Waals surface area contributed by atoms with E-state index < -0.39 is 0 Å². The third kappa shape index (κ3) is 27.2. The van der Waals surface area contributed by atoms with Gasteiger partial charge in [-0.05, 0) is 77.0 Å². The zero-order chi connectivity index (χ0) is 37.3. The van der Waals surface area contributed by atoms with Crippen LogP contribution >= 0.6 is 23.5 Å². The maximum atomic E-state index is 12.7. The van der Waals surface area contributed by atoms with E-state index >= 15 is 0 Å². The third-order valence-corrected chi connectivity index (χ3v) is 14.3. The van der Waals surface area contributed by atoms with Crippen LogP contribution < -0.4 is 0 Å². The smallest absolute Gasteiger partial charge is 0.306 e. The first-order valence-corrected chi connectivity index (χ1v) is 24.9. The van der Waals surface area contributed by atoms with Gasteiger partial charge in [0.25, 0.3) is 0 Å². The fraction of sp³-hybridized carbons (Fsp3) is 0.956. The number of hydrogen-bond acceptors (Lipinski definition) is 7. The number of esters is 2. The van der Waals surface area contributed by atoms with Gasteiger partial charge in [-0.1, -0.05) is 142 Å². The molecule has 0 aliphatic heterocycles. The Kier molecular flexibility index (Phi) is 31.1. The molecule has 2 aliphatic rings. The molecule has 5 nitrogen and oxygen atoms in total. The van der Waals surface area contributed by atoms with Crippen molar-refractivity contribution in [3.8, 4) is 0 Å². The average Bonchev–Trinajstić information content (AvgIpc) is 3.16. The third-order valence-electron chi connectivity index (χ3n) is 11.3. The highest BCUT2D eigenvalue weighted by Gasteiger charge is 2.21. The number of unbranched alkanes of at least 4 members (excludes halogenated alkanes) is 14. The Morgan fingerprint density at radius 1 is 0.500 bits per heavy atom. The fourth-order valence-corrected chi connectivity index (χ4v) is 10.7. The molecule has 0 aromatic rings. The molecule has 0 aromatic heterocycles. The minimum Gasteiger partial charge on any atom is -0.461 e. The number of aliphatic hydroxyl groups is 1. The van der Waals surface area contributed by atoms with E-state index in [1.54, 1.807) is 0 Å². The fourth-order valence-electron chi connectivity index (χ4n) is 7.89. The topological polar surface area (TPSA) is 72.8 Å². The molecule has 1 N–H and O–H groups in total. The maximum absolute atomic E-state index is 12.7. The molecule has 2 unspecified atom stereocenters. The molecular formula is C45H84O5S2. The van der Waals surface area contributed by atoms with Crippen LogP contribution in [0.15, 0.2) is 0 Å². The monoisotopic (exact) mass is 769 g/mol. The van der Waals surface area contributed by atoms with Gasteiger partial charge in [-0.25, -0.2) is 0 Å². The molecule has 0 saturated heterocycles. The SMILES string of the molecule is CCCCCCCCC(=O)OC(CCCCCC(O)CCCCCC(CSC1CCCCC1)OC(=O)CCCCCCCC)CSC1CCCCC1. The van der Waals surface area contributed by atoms with Crippen molar-refractivity contribution in [1.29, 1.82) is 0 Å². The molecular weight excluding hydrogens is 685 g/mol. The van der Waals surface area contributed by atoms with Crippen molar-refractivity contribution in [2.45, 2.75) is 261 Å². The summed E-state index contributed by atoms with van der Waals surface area (Å²) in [7, 11) is 0. The summed E-state index contributed by atoms with van der Waals surface area (Å²) in [6.45, 7) is 4.47. The molecule has 0 heterocycles. The molecule has 0 bridgehead atoms. The van der Waals surface area contributed by atoms with Crippen LogP contribution in [0.4, 0.5) is 0 Å². The molecule has 2 saturated carbocycles. The van der Waals surface area contributed by atoms with Gasteiger partial charge in [-0.2, -0.15) is 23.5 Å². The Morgan fingerprint density at radius 3 is 1.25 bits per heavy atom. The average molecular weight is 769 g/mol. The standard InChI is InChI=1S/C45H84O5S2/c1-3-5-7-9-11-25-35-44(47)49-40(37-51-42-31-21-15-22-32-42)29-19-13-17-27-39(46)28-18-14-20-30-41(38-52-43-33-23-16-24-34-43)50-45(48)36-26-12-10-8-6-4-2/h39-43,46H,3-38H2,1-2H3. The predicted molar refractivity (Wildman–Crippen MR) is 227 cm³/mol. The molecule has 2 atom stereocenters. The van der Waals surface area contributed by atoms with Crippen LogP contribution in [0.3, 0.4) is 0 Å². The Hall–Kier alpha value is -0.400. The second-order valence-electron chi connectivity index (χ2n) is 16.4. The number of ether oxygens (including phenoxy) is 2. The van der Waals surface area contributed by atoms with E-state index in [4.69, 9.17) is 9.47 Å². The van der Waals surface area contributed by atoms with Crippen molar-refractivity contribution < 1.29 is 24.2 Å². The summed E-state index contributed by atoms with van der Waals surface area (Å²) in [6.07, 6.45) is 38.6. The highest BCUT2D eigenvalue weighted by atomic mass is 32.2. The summed E-state index contributed by atoms with van der Waals surface area (Å²) in [5.74, 6) is 1.88. The molecule has 0 aromatic carbocycles. The Balaban J connectivity index is 1.62. The quantitative estimate of drug-likeness (QED) is 0.0516. The van der Waals surface area contributed by atoms with Crippen molar-refractivity contribution in [1.82, 2.24) is 0 Å². The van der Waals surface area contributed by atoms with Crippen LogP contribution in [0, 0.1) is 0 Å². The number of aliphatic hydroxyl groups excluding tert-OH is 1. The van der Waals surface area contributed by atoms with Gasteiger partial charge in [0, 0.05) is 34.8 Å². The number of carbonyl (C=O) groups is 2. The molecule has 7 heteroatoms. The molecule has 2 rings (SSSR count). The molecule has 2 fully saturated rings. The summed E-state index contributed by atoms with van der Waals surface area (Å²) >= 11 is 4.09. The van der Waals surface area contributed by atoms with Crippen molar-refractivity contribution >= 4 is 35.5 Å². The van der Waals surface area contributed by atoms with Crippen molar-refractivity contribution in [2.75, 3.05) is 11.5 Å². The lowest BCUT2D eigenvalue weighted by molar-refractivity contribution is -0.149. The lowest BCUT2D eigenvalue weighted by Crippen LogP contribution is -2.23. The summed E-state index contributed by atoms with van der Waals surface area (Å²) in [6, 6.07) is 0. The first-order valence-electron chi connectivity index (χ1n) is 22.8. The number of thioether (sulfide) groups is 2. The Morgan fingerprint density at radius 2 is 0.846 bits per heavy atom. The molecule has 0 amide bonds. The van der Waals surface area contributed by atoms with Crippen LogP contribution in [0.1, 0.15) is 232 Å². The van der Waals surface area contributed by atoms with Crippen LogP contribution in [-0.2, 0) is 19.1 Å². The Bertz CT molecular complexity index is 763. The van der Waals surface area contributed by atoms with Gasteiger partial charge in [0.1, 0.15) is 12.2 Å². The van der Waals surface area contributed by atoms with E-state index in [1.165, 1.54) is 116 Å². The lowest BCUT2D eigenvalue weighted by atomic mass is 10.0. The van der Waals surface area contributed by atoms with E-state index in [0.717, 1.165) is 112 Å². The zero-order valence-corrected chi connectivity index (χ0v) is 35.9. The van der Waals surface area contributed by atoms with E-state index in [1.807, 2.05) is 23.5 Å². The molecule has 0 spiro atoms. The van der Waals surface area contributed by atoms with Gasteiger partial charge >= 0.3 is 11.9 Å². The number of hydrogen-bond donors (Lipinski definition) is 1. The number of carbonyl (C=O) groups excluding carboxylic acids is 2. The predicted octanol–water partition coefficient (Wildman–Crippen LogP) is 13.7. The van der Waals surface area contributed by atoms with E-state index in [2.05, 4.69) is 13.8 Å². The summed E-state index contributed by atoms with van der Waals surface area (Å²) in [5, 5.41) is 12.2. The molecule has 0 radical (unpaired) electrons. The van der Waals surface area contributed by atoms with Crippen molar-refractivity contribution in [3.05, 3.63) is 0 Å². The van der Waals surface area contributed by atoms with Gasteiger partial charge in [0.15, 0.2) is 0 Å². The van der Waals surface area contributed by atoms with E-state index in [0.29, 0.717) is 12.8 Å². The normalized spacial score (nSPS) is 17.5. The van der Waals surface area contributed by atoms with Crippen LogP contribution in [0.2, 0.25) is 0 Å². The van der Waals surface area contributed by atoms with Gasteiger partial charge in [0.2, 0.25) is 0 Å². The maximum Gasteiger partial charge on any atom is 0.306 e. The summed E-state index contributed by atoms with van der Waals surface area (Å²) < 4.78 is 12.1. The first kappa shape index (κ1) is 47.8. The van der Waals surface area contributed by atoms with Crippen molar-refractivity contribution in [3.63, 3.8) is 0 Å². The second kappa shape index (κ2) is 33.9. The summed E-state index contributed by atoms with van der Waals surface area (Å²) in [4.78, 5) is 25.4. The van der Waals surface area contributed by atoms with Gasteiger partial charge in [-0.3, -0.25) is 9.59 Å². The summed E-state index contributed by atoms with van der Waals surface area (Å²) in [5.41, 5.74) is 0. The number of rotatable bonds is 34. The zero-order valence-electron chi connectivity index (χ0n) is 34.2. The molecule has 306 valence electrons. The van der Waals surface area contributed by atoms with Gasteiger partial charge in [0.05, 0.1) is 6.10 Å².